The predicted molar refractivity (Wildman–Crippen MR) is 108 cm³/mol. The minimum absolute atomic E-state index is 0.0361. The molecular formula is C24H27NO4. The molecule has 0 amide bonds. The molecular weight excluding hydrogens is 366 g/mol. The van der Waals surface area contributed by atoms with Crippen LogP contribution in [-0.4, -0.2) is 22.5 Å². The maximum atomic E-state index is 13.1. The summed E-state index contributed by atoms with van der Waals surface area (Å²) in [6.07, 6.45) is 1.08. The van der Waals surface area contributed by atoms with Crippen molar-refractivity contribution < 1.29 is 19.5 Å². The lowest BCUT2D eigenvalue weighted by molar-refractivity contribution is -0.140. The number of hydrogen-bond donors (Lipinski definition) is 1. The highest BCUT2D eigenvalue weighted by Crippen LogP contribution is 2.47. The molecule has 1 unspecified atom stereocenters. The fraction of sp³-hybridized carbons (Fsp3) is 0.500. The minimum Gasteiger partial charge on any atom is -0.512 e. The molecule has 5 heteroatoms. The van der Waals surface area contributed by atoms with Crippen LogP contribution in [0.15, 0.2) is 35.6 Å². The minimum atomic E-state index is -0.988. The molecule has 0 saturated heterocycles. The number of ketones is 3. The van der Waals surface area contributed by atoms with Crippen molar-refractivity contribution in [3.8, 4) is 6.07 Å². The Hall–Kier alpha value is -2.74. The lowest BCUT2D eigenvalue weighted by Crippen LogP contribution is -2.43. The van der Waals surface area contributed by atoms with Crippen LogP contribution >= 0.6 is 0 Å². The van der Waals surface area contributed by atoms with Crippen molar-refractivity contribution in [3.63, 3.8) is 0 Å². The number of aliphatic hydroxyl groups is 1. The van der Waals surface area contributed by atoms with Gasteiger partial charge < -0.3 is 5.11 Å². The van der Waals surface area contributed by atoms with E-state index >= 15 is 0 Å². The van der Waals surface area contributed by atoms with Crippen LogP contribution in [0, 0.1) is 28.1 Å². The van der Waals surface area contributed by atoms with Crippen LogP contribution in [0.25, 0.3) is 0 Å². The molecule has 2 aliphatic rings. The van der Waals surface area contributed by atoms with Gasteiger partial charge in [0.05, 0.1) is 17.6 Å². The normalized spacial score (nSPS) is 23.1. The van der Waals surface area contributed by atoms with Crippen molar-refractivity contribution in [1.82, 2.24) is 0 Å². The summed E-state index contributed by atoms with van der Waals surface area (Å²) < 4.78 is 0. The SMILES string of the molecule is CC1(C)CC(=O)C(C(C2=C(O)CC(C)(C)CC2=O)c2ccc(C#N)cc2)C(=O)C1. The quantitative estimate of drug-likeness (QED) is 0.767. The summed E-state index contributed by atoms with van der Waals surface area (Å²) >= 11 is 0. The molecule has 2 aliphatic carbocycles. The summed E-state index contributed by atoms with van der Waals surface area (Å²) in [6.45, 7) is 7.60. The first kappa shape index (κ1) is 21.0. The van der Waals surface area contributed by atoms with Crippen molar-refractivity contribution >= 4 is 17.3 Å². The fourth-order valence-corrected chi connectivity index (χ4v) is 4.72. The molecule has 1 aromatic carbocycles. The first-order valence-electron chi connectivity index (χ1n) is 9.95. The van der Waals surface area contributed by atoms with Gasteiger partial charge in [-0.05, 0) is 28.5 Å². The number of hydrogen-bond acceptors (Lipinski definition) is 5. The molecule has 152 valence electrons. The number of Topliss-reactive ketones (excluding diaryl/α,β-unsaturated/α-hetero) is 3. The Bertz CT molecular complexity index is 924. The number of rotatable bonds is 3. The topological polar surface area (TPSA) is 95.2 Å². The maximum absolute atomic E-state index is 13.1. The average Bonchev–Trinajstić information content (AvgIpc) is 2.57. The summed E-state index contributed by atoms with van der Waals surface area (Å²) in [6, 6.07) is 8.62. The second kappa shape index (κ2) is 7.26. The van der Waals surface area contributed by atoms with Gasteiger partial charge in [0.2, 0.25) is 0 Å². The number of carbonyl (C=O) groups is 3. The molecule has 0 bridgehead atoms. The Morgan fingerprint density at radius 1 is 0.931 bits per heavy atom. The van der Waals surface area contributed by atoms with E-state index in [4.69, 9.17) is 5.26 Å². The van der Waals surface area contributed by atoms with Crippen LogP contribution in [0.2, 0.25) is 0 Å². The van der Waals surface area contributed by atoms with Gasteiger partial charge in [0.1, 0.15) is 17.3 Å². The van der Waals surface area contributed by atoms with E-state index in [0.717, 1.165) is 0 Å². The van der Waals surface area contributed by atoms with Gasteiger partial charge in [-0.3, -0.25) is 14.4 Å². The molecule has 0 radical (unpaired) electrons. The van der Waals surface area contributed by atoms with E-state index < -0.39 is 17.3 Å². The van der Waals surface area contributed by atoms with Gasteiger partial charge in [0, 0.05) is 37.2 Å². The van der Waals surface area contributed by atoms with E-state index in [0.29, 0.717) is 17.5 Å². The average molecular weight is 393 g/mol. The highest BCUT2D eigenvalue weighted by atomic mass is 16.3. The Morgan fingerprint density at radius 2 is 1.45 bits per heavy atom. The van der Waals surface area contributed by atoms with Gasteiger partial charge in [-0.2, -0.15) is 5.26 Å². The molecule has 0 aliphatic heterocycles. The van der Waals surface area contributed by atoms with E-state index in [1.165, 1.54) is 0 Å². The molecule has 0 aromatic heterocycles. The highest BCUT2D eigenvalue weighted by molar-refractivity contribution is 6.09. The molecule has 29 heavy (non-hydrogen) atoms. The standard InChI is InChI=1S/C24H27NO4/c1-23(2)9-16(26)21(17(27)10-23)20(15-7-5-14(13-25)6-8-15)22-18(28)11-24(3,4)12-19(22)29/h5-8,20-21,28H,9-12H2,1-4H3. The van der Waals surface area contributed by atoms with Crippen LogP contribution in [0.1, 0.15) is 70.4 Å². The van der Waals surface area contributed by atoms with Crippen molar-refractivity contribution in [2.75, 3.05) is 0 Å². The Morgan fingerprint density at radius 3 is 1.93 bits per heavy atom. The van der Waals surface area contributed by atoms with E-state index in [-0.39, 0.29) is 53.4 Å². The van der Waals surface area contributed by atoms with Gasteiger partial charge in [0.15, 0.2) is 5.78 Å². The van der Waals surface area contributed by atoms with E-state index in [1.807, 2.05) is 33.8 Å². The second-order valence-corrected chi connectivity index (χ2v) is 9.94. The molecule has 0 heterocycles. The van der Waals surface area contributed by atoms with Gasteiger partial charge in [0.25, 0.3) is 0 Å². The third kappa shape index (κ3) is 4.17. The number of benzene rings is 1. The van der Waals surface area contributed by atoms with Crippen molar-refractivity contribution in [3.05, 3.63) is 46.7 Å². The molecule has 5 nitrogen and oxygen atoms in total. The van der Waals surface area contributed by atoms with E-state index in [2.05, 4.69) is 0 Å². The third-order valence-corrected chi connectivity index (χ3v) is 5.94. The van der Waals surface area contributed by atoms with E-state index in [1.54, 1.807) is 24.3 Å². The Kier molecular flexibility index (Phi) is 5.25. The summed E-state index contributed by atoms with van der Waals surface area (Å²) in [4.78, 5) is 39.2. The first-order chi connectivity index (χ1) is 13.4. The maximum Gasteiger partial charge on any atom is 0.163 e. The number of carbonyl (C=O) groups excluding carboxylic acids is 3. The molecule has 1 atom stereocenters. The molecule has 3 rings (SSSR count). The number of nitrogens with zero attached hydrogens (tertiary/aromatic N) is 1. The zero-order valence-electron chi connectivity index (χ0n) is 17.4. The zero-order chi connectivity index (χ0) is 21.6. The van der Waals surface area contributed by atoms with Crippen LogP contribution in [0.4, 0.5) is 0 Å². The van der Waals surface area contributed by atoms with Crippen molar-refractivity contribution in [1.29, 1.82) is 5.26 Å². The van der Waals surface area contributed by atoms with Crippen LogP contribution < -0.4 is 0 Å². The van der Waals surface area contributed by atoms with Crippen molar-refractivity contribution in [2.24, 2.45) is 16.7 Å². The third-order valence-electron chi connectivity index (χ3n) is 5.94. The molecule has 1 saturated carbocycles. The van der Waals surface area contributed by atoms with Crippen LogP contribution in [0.3, 0.4) is 0 Å². The summed E-state index contributed by atoms with van der Waals surface area (Å²) in [5.41, 5.74) is 0.451. The van der Waals surface area contributed by atoms with Crippen LogP contribution in [-0.2, 0) is 14.4 Å². The van der Waals surface area contributed by atoms with Gasteiger partial charge in [-0.25, -0.2) is 0 Å². The first-order valence-corrected chi connectivity index (χ1v) is 9.95. The monoisotopic (exact) mass is 393 g/mol. The second-order valence-electron chi connectivity index (χ2n) is 9.94. The number of allylic oxidation sites excluding steroid dienone is 2. The predicted octanol–water partition coefficient (Wildman–Crippen LogP) is 4.42. The van der Waals surface area contributed by atoms with Gasteiger partial charge in [-0.15, -0.1) is 0 Å². The fourth-order valence-electron chi connectivity index (χ4n) is 4.72. The molecule has 1 N–H and O–H groups in total. The molecule has 1 fully saturated rings. The van der Waals surface area contributed by atoms with Gasteiger partial charge >= 0.3 is 0 Å². The van der Waals surface area contributed by atoms with Crippen molar-refractivity contribution in [2.45, 2.75) is 59.3 Å². The smallest absolute Gasteiger partial charge is 0.163 e. The Balaban J connectivity index is 2.15. The van der Waals surface area contributed by atoms with Crippen LogP contribution in [0.5, 0.6) is 0 Å². The highest BCUT2D eigenvalue weighted by Gasteiger charge is 2.48. The molecule has 0 spiro atoms. The zero-order valence-corrected chi connectivity index (χ0v) is 17.4. The number of nitriles is 1. The molecule has 1 aromatic rings. The largest absolute Gasteiger partial charge is 0.512 e. The van der Waals surface area contributed by atoms with Gasteiger partial charge in [-0.1, -0.05) is 39.8 Å². The summed E-state index contributed by atoms with van der Waals surface area (Å²) in [5.74, 6) is -2.46. The summed E-state index contributed by atoms with van der Waals surface area (Å²) in [5, 5.41) is 19.9. The summed E-state index contributed by atoms with van der Waals surface area (Å²) in [7, 11) is 0. The number of aliphatic hydroxyl groups excluding tert-OH is 1. The Labute approximate surface area is 171 Å². The lowest BCUT2D eigenvalue weighted by atomic mass is 9.62. The lowest BCUT2D eigenvalue weighted by Gasteiger charge is -2.39. The van der Waals surface area contributed by atoms with E-state index in [9.17, 15) is 19.5 Å².